The molecular formula is C24H25FN6O3. The van der Waals surface area contributed by atoms with Crippen molar-refractivity contribution < 1.29 is 18.7 Å². The van der Waals surface area contributed by atoms with Gasteiger partial charge in [-0.1, -0.05) is 0 Å². The number of cyclic esters (lactones) is 1. The number of nitrogens with one attached hydrogen (secondary N) is 2. The molecule has 2 amide bonds. The first kappa shape index (κ1) is 23.1. The van der Waals surface area contributed by atoms with Gasteiger partial charge in [-0.2, -0.15) is 5.10 Å². The van der Waals surface area contributed by atoms with Gasteiger partial charge in [0.1, 0.15) is 11.9 Å². The Morgan fingerprint density at radius 2 is 2.06 bits per heavy atom. The van der Waals surface area contributed by atoms with Crippen LogP contribution in [0.2, 0.25) is 0 Å². The number of amides is 2. The Bertz CT molecular complexity index is 1210. The molecule has 3 aromatic rings. The number of hydrogen-bond acceptors (Lipinski definition) is 6. The van der Waals surface area contributed by atoms with Crippen molar-refractivity contribution in [2.45, 2.75) is 32.4 Å². The van der Waals surface area contributed by atoms with Gasteiger partial charge in [0.25, 0.3) is 0 Å². The number of carbonyl (C=O) groups is 2. The molecule has 0 aliphatic carbocycles. The van der Waals surface area contributed by atoms with Gasteiger partial charge in [0.15, 0.2) is 0 Å². The predicted octanol–water partition coefficient (Wildman–Crippen LogP) is 3.56. The summed E-state index contributed by atoms with van der Waals surface area (Å²) in [6.45, 7) is 3.69. The molecule has 0 radical (unpaired) electrons. The van der Waals surface area contributed by atoms with E-state index < -0.39 is 18.0 Å². The SMILES string of the molecule is CC(=O)NC[C@H]1CN(c2ccc(C(=N)CC(C)n3cc(-c4ccncc4)cn3)c(F)c2)C(=O)O1. The quantitative estimate of drug-likeness (QED) is 0.495. The van der Waals surface area contributed by atoms with Crippen LogP contribution in [0.5, 0.6) is 0 Å². The van der Waals surface area contributed by atoms with Crippen molar-refractivity contribution in [3.8, 4) is 11.1 Å². The van der Waals surface area contributed by atoms with Gasteiger partial charge in [0.2, 0.25) is 5.91 Å². The molecule has 2 N–H and O–H groups in total. The Hall–Kier alpha value is -4.08. The molecule has 1 aromatic carbocycles. The van der Waals surface area contributed by atoms with E-state index in [0.717, 1.165) is 11.1 Å². The zero-order valence-corrected chi connectivity index (χ0v) is 18.9. The highest BCUT2D eigenvalue weighted by molar-refractivity contribution is 5.99. The number of ether oxygens (including phenoxy) is 1. The zero-order valence-electron chi connectivity index (χ0n) is 18.9. The first-order chi connectivity index (χ1) is 16.3. The zero-order chi connectivity index (χ0) is 24.2. The third-order valence-corrected chi connectivity index (χ3v) is 5.61. The molecule has 1 unspecified atom stereocenters. The molecule has 1 fully saturated rings. The summed E-state index contributed by atoms with van der Waals surface area (Å²) in [5.41, 5.74) is 2.56. The summed E-state index contributed by atoms with van der Waals surface area (Å²) >= 11 is 0. The van der Waals surface area contributed by atoms with E-state index in [1.165, 1.54) is 24.0 Å². The Morgan fingerprint density at radius 3 is 2.76 bits per heavy atom. The van der Waals surface area contributed by atoms with Crippen molar-refractivity contribution in [3.63, 3.8) is 0 Å². The van der Waals surface area contributed by atoms with Gasteiger partial charge >= 0.3 is 6.09 Å². The van der Waals surface area contributed by atoms with Crippen LogP contribution in [-0.4, -0.2) is 51.7 Å². The summed E-state index contributed by atoms with van der Waals surface area (Å²) in [7, 11) is 0. The van der Waals surface area contributed by atoms with Crippen molar-refractivity contribution in [2.75, 3.05) is 18.0 Å². The second kappa shape index (κ2) is 9.82. The van der Waals surface area contributed by atoms with E-state index >= 15 is 0 Å². The molecule has 9 nitrogen and oxygen atoms in total. The third kappa shape index (κ3) is 5.11. The van der Waals surface area contributed by atoms with E-state index in [9.17, 15) is 14.0 Å². The molecular weight excluding hydrogens is 439 g/mol. The standard InChI is InChI=1S/C24H25FN6O3/c1-15(31-13-18(11-29-31)17-5-7-27-8-6-17)9-23(26)21-4-3-19(10-22(21)25)30-14-20(34-24(30)33)12-28-16(2)32/h3-8,10-11,13,15,20,26H,9,12,14H2,1-2H3,(H,28,32)/t15?,20-/m0/s1. The van der Waals surface area contributed by atoms with Crippen molar-refractivity contribution in [2.24, 2.45) is 0 Å². The molecule has 0 saturated carbocycles. The van der Waals surface area contributed by atoms with Crippen LogP contribution < -0.4 is 10.2 Å². The highest BCUT2D eigenvalue weighted by Crippen LogP contribution is 2.26. The van der Waals surface area contributed by atoms with Crippen LogP contribution in [0, 0.1) is 11.2 Å². The maximum absolute atomic E-state index is 14.9. The molecule has 176 valence electrons. The van der Waals surface area contributed by atoms with E-state index in [1.54, 1.807) is 29.3 Å². The van der Waals surface area contributed by atoms with Crippen LogP contribution in [0.4, 0.5) is 14.9 Å². The van der Waals surface area contributed by atoms with Crippen molar-refractivity contribution in [1.29, 1.82) is 5.41 Å². The summed E-state index contributed by atoms with van der Waals surface area (Å²) in [5, 5.41) is 15.4. The van der Waals surface area contributed by atoms with E-state index in [-0.39, 0.29) is 42.7 Å². The maximum Gasteiger partial charge on any atom is 0.414 e. The fourth-order valence-corrected chi connectivity index (χ4v) is 3.78. The number of anilines is 1. The Labute approximate surface area is 196 Å². The molecule has 1 aliphatic heterocycles. The van der Waals surface area contributed by atoms with Gasteiger partial charge < -0.3 is 15.5 Å². The maximum atomic E-state index is 14.9. The van der Waals surface area contributed by atoms with Crippen LogP contribution in [-0.2, 0) is 9.53 Å². The summed E-state index contributed by atoms with van der Waals surface area (Å²) in [6, 6.07) is 7.94. The largest absolute Gasteiger partial charge is 0.442 e. The van der Waals surface area contributed by atoms with E-state index in [1.807, 2.05) is 25.3 Å². The van der Waals surface area contributed by atoms with Crippen LogP contribution >= 0.6 is 0 Å². The number of aromatic nitrogens is 3. The molecule has 2 atom stereocenters. The number of rotatable bonds is 8. The Balaban J connectivity index is 1.41. The highest BCUT2D eigenvalue weighted by atomic mass is 19.1. The summed E-state index contributed by atoms with van der Waals surface area (Å²) in [6.07, 6.45) is 6.23. The van der Waals surface area contributed by atoms with E-state index in [2.05, 4.69) is 15.4 Å². The first-order valence-electron chi connectivity index (χ1n) is 10.9. The molecule has 0 bridgehead atoms. The summed E-state index contributed by atoms with van der Waals surface area (Å²) < 4.78 is 21.9. The minimum absolute atomic E-state index is 0.130. The molecule has 2 aromatic heterocycles. The minimum Gasteiger partial charge on any atom is -0.442 e. The monoisotopic (exact) mass is 464 g/mol. The molecule has 3 heterocycles. The van der Waals surface area contributed by atoms with Crippen LogP contribution in [0.15, 0.2) is 55.1 Å². The Kier molecular flexibility index (Phi) is 6.67. The lowest BCUT2D eigenvalue weighted by Crippen LogP contribution is -2.33. The van der Waals surface area contributed by atoms with Gasteiger partial charge in [-0.25, -0.2) is 9.18 Å². The van der Waals surface area contributed by atoms with Gasteiger partial charge in [-0.3, -0.25) is 19.4 Å². The number of carbonyl (C=O) groups excluding carboxylic acids is 2. The fraction of sp³-hybridized carbons (Fsp3) is 0.292. The predicted molar refractivity (Wildman–Crippen MR) is 124 cm³/mol. The molecule has 1 aliphatic rings. The van der Waals surface area contributed by atoms with Crippen molar-refractivity contribution in [3.05, 3.63) is 66.5 Å². The van der Waals surface area contributed by atoms with Crippen molar-refractivity contribution in [1.82, 2.24) is 20.1 Å². The second-order valence-corrected chi connectivity index (χ2v) is 8.19. The Morgan fingerprint density at radius 1 is 1.29 bits per heavy atom. The molecule has 1 saturated heterocycles. The number of nitrogens with zero attached hydrogens (tertiary/aromatic N) is 4. The van der Waals surface area contributed by atoms with Gasteiger partial charge in [-0.05, 0) is 42.8 Å². The van der Waals surface area contributed by atoms with Crippen LogP contribution in [0.1, 0.15) is 31.9 Å². The minimum atomic E-state index is -0.602. The van der Waals surface area contributed by atoms with E-state index in [0.29, 0.717) is 5.69 Å². The second-order valence-electron chi connectivity index (χ2n) is 8.19. The van der Waals surface area contributed by atoms with Gasteiger partial charge in [0, 0.05) is 48.8 Å². The molecule has 34 heavy (non-hydrogen) atoms. The number of hydrogen-bond donors (Lipinski definition) is 2. The molecule has 0 spiro atoms. The van der Waals surface area contributed by atoms with Crippen molar-refractivity contribution >= 4 is 23.4 Å². The summed E-state index contributed by atoms with van der Waals surface area (Å²) in [4.78, 5) is 28.6. The topological polar surface area (TPSA) is 113 Å². The van der Waals surface area contributed by atoms with E-state index in [4.69, 9.17) is 10.1 Å². The van der Waals surface area contributed by atoms with Crippen LogP contribution in [0.25, 0.3) is 11.1 Å². The lowest BCUT2D eigenvalue weighted by atomic mass is 10.0. The smallest absolute Gasteiger partial charge is 0.414 e. The number of halogens is 1. The third-order valence-electron chi connectivity index (χ3n) is 5.61. The van der Waals surface area contributed by atoms with Crippen LogP contribution in [0.3, 0.4) is 0 Å². The molecule has 4 rings (SSSR count). The van der Waals surface area contributed by atoms with Gasteiger partial charge in [-0.15, -0.1) is 0 Å². The molecule has 10 heteroatoms. The van der Waals surface area contributed by atoms with Gasteiger partial charge in [0.05, 0.1) is 31.0 Å². The number of benzene rings is 1. The summed E-state index contributed by atoms with van der Waals surface area (Å²) in [5.74, 6) is -0.813. The fourth-order valence-electron chi connectivity index (χ4n) is 3.78. The first-order valence-corrected chi connectivity index (χ1v) is 10.9. The average Bonchev–Trinajstić information content (AvgIpc) is 3.45. The lowest BCUT2D eigenvalue weighted by molar-refractivity contribution is -0.119. The number of pyridine rings is 1. The lowest BCUT2D eigenvalue weighted by Gasteiger charge is -2.16. The normalized spacial score (nSPS) is 16.3. The highest BCUT2D eigenvalue weighted by Gasteiger charge is 2.32. The average molecular weight is 465 g/mol.